The molecule has 4 rings (SSSR count). The molecule has 0 aromatic carbocycles. The van der Waals surface area contributed by atoms with E-state index in [1.165, 1.54) is 19.3 Å². The van der Waals surface area contributed by atoms with Crippen molar-refractivity contribution >= 4 is 11.5 Å². The quantitative estimate of drug-likeness (QED) is 0.756. The first-order valence-electron chi connectivity index (χ1n) is 9.25. The fraction of sp³-hybridized carbons (Fsp3) is 0.381. The van der Waals surface area contributed by atoms with Crippen LogP contribution in [0.15, 0.2) is 42.7 Å². The third kappa shape index (κ3) is 3.15. The third-order valence-electron chi connectivity index (χ3n) is 5.41. The zero-order valence-electron chi connectivity index (χ0n) is 15.2. The first-order chi connectivity index (χ1) is 12.6. The number of nitriles is 1. The molecule has 0 spiro atoms. The molecule has 1 aliphatic rings. The van der Waals surface area contributed by atoms with Crippen LogP contribution < -0.4 is 5.32 Å². The van der Waals surface area contributed by atoms with E-state index in [1.807, 2.05) is 41.1 Å². The normalized spacial score (nSPS) is 19.8. The van der Waals surface area contributed by atoms with E-state index in [2.05, 4.69) is 30.2 Å². The van der Waals surface area contributed by atoms with Gasteiger partial charge in [0.2, 0.25) is 0 Å². The Balaban J connectivity index is 1.60. The molecule has 0 amide bonds. The second kappa shape index (κ2) is 6.80. The fourth-order valence-corrected chi connectivity index (χ4v) is 3.86. The summed E-state index contributed by atoms with van der Waals surface area (Å²) >= 11 is 0. The lowest BCUT2D eigenvalue weighted by atomic mass is 9.94. The van der Waals surface area contributed by atoms with Gasteiger partial charge in [-0.25, -0.2) is 9.97 Å². The van der Waals surface area contributed by atoms with Crippen LogP contribution in [-0.4, -0.2) is 20.4 Å². The minimum Gasteiger partial charge on any atom is -0.367 e. The molecule has 3 heterocycles. The Kier molecular flexibility index (Phi) is 4.34. The summed E-state index contributed by atoms with van der Waals surface area (Å²) in [5.74, 6) is 2.45. The summed E-state index contributed by atoms with van der Waals surface area (Å²) in [5, 5.41) is 12.8. The van der Waals surface area contributed by atoms with Crippen molar-refractivity contribution < 1.29 is 0 Å². The topological polar surface area (TPSA) is 66.0 Å². The van der Waals surface area contributed by atoms with Crippen molar-refractivity contribution in [3.63, 3.8) is 0 Å². The average molecular weight is 345 g/mol. The van der Waals surface area contributed by atoms with Crippen LogP contribution in [0.3, 0.4) is 0 Å². The molecule has 26 heavy (non-hydrogen) atoms. The van der Waals surface area contributed by atoms with Crippen LogP contribution in [-0.2, 0) is 0 Å². The Morgan fingerprint density at radius 3 is 2.88 bits per heavy atom. The molecule has 3 aromatic rings. The minimum absolute atomic E-state index is 0.498. The molecule has 2 unspecified atom stereocenters. The van der Waals surface area contributed by atoms with Gasteiger partial charge in [0, 0.05) is 12.2 Å². The predicted octanol–water partition coefficient (Wildman–Crippen LogP) is 4.50. The van der Waals surface area contributed by atoms with Crippen LogP contribution in [0.5, 0.6) is 0 Å². The van der Waals surface area contributed by atoms with Gasteiger partial charge in [-0.3, -0.25) is 4.40 Å². The van der Waals surface area contributed by atoms with Crippen LogP contribution in [0.2, 0.25) is 0 Å². The molecule has 1 N–H and O–H groups in total. The number of rotatable bonds is 4. The van der Waals surface area contributed by atoms with Crippen molar-refractivity contribution in [1.29, 1.82) is 5.26 Å². The van der Waals surface area contributed by atoms with E-state index in [0.717, 1.165) is 34.7 Å². The van der Waals surface area contributed by atoms with Crippen molar-refractivity contribution in [2.45, 2.75) is 39.2 Å². The van der Waals surface area contributed by atoms with Gasteiger partial charge in [-0.1, -0.05) is 19.9 Å². The highest BCUT2D eigenvalue weighted by Crippen LogP contribution is 2.33. The Hall–Kier alpha value is -2.87. The molecule has 1 saturated carbocycles. The first-order valence-corrected chi connectivity index (χ1v) is 9.25. The summed E-state index contributed by atoms with van der Waals surface area (Å²) in [4.78, 5) is 9.23. The van der Waals surface area contributed by atoms with Gasteiger partial charge in [0.1, 0.15) is 17.5 Å². The Labute approximate surface area is 153 Å². The maximum absolute atomic E-state index is 9.15. The summed E-state index contributed by atoms with van der Waals surface area (Å²) in [6.45, 7) is 4.62. The summed E-state index contributed by atoms with van der Waals surface area (Å²) in [5.41, 5.74) is 3.18. The zero-order chi connectivity index (χ0) is 18.1. The molecule has 0 saturated heterocycles. The molecule has 5 heteroatoms. The van der Waals surface area contributed by atoms with Gasteiger partial charge in [-0.2, -0.15) is 5.26 Å². The molecule has 1 aliphatic carbocycles. The molecule has 0 radical (unpaired) electrons. The average Bonchev–Trinajstić information content (AvgIpc) is 3.28. The van der Waals surface area contributed by atoms with E-state index in [0.29, 0.717) is 11.6 Å². The predicted molar refractivity (Wildman–Crippen MR) is 103 cm³/mol. The van der Waals surface area contributed by atoms with Gasteiger partial charge in [0.15, 0.2) is 0 Å². The van der Waals surface area contributed by atoms with Crippen molar-refractivity contribution in [2.75, 3.05) is 5.32 Å². The van der Waals surface area contributed by atoms with Crippen molar-refractivity contribution in [3.05, 3.63) is 48.3 Å². The highest BCUT2D eigenvalue weighted by Gasteiger charge is 2.26. The maximum Gasteiger partial charge on any atom is 0.137 e. The van der Waals surface area contributed by atoms with Crippen molar-refractivity contribution in [1.82, 2.24) is 14.4 Å². The van der Waals surface area contributed by atoms with Crippen LogP contribution in [0.25, 0.3) is 17.0 Å². The molecule has 5 nitrogen and oxygen atoms in total. The van der Waals surface area contributed by atoms with Gasteiger partial charge in [-0.15, -0.1) is 0 Å². The lowest BCUT2D eigenvalue weighted by molar-refractivity contribution is 0.393. The number of hydrogen-bond acceptors (Lipinski definition) is 4. The largest absolute Gasteiger partial charge is 0.367 e. The summed E-state index contributed by atoms with van der Waals surface area (Å²) in [6, 6.07) is 12.3. The SMILES string of the molecule is CC(C)C1CCC(Nc2cccc(-c3cnc4ccc(C#N)cn34)n2)C1. The van der Waals surface area contributed by atoms with Crippen LogP contribution in [0.4, 0.5) is 5.82 Å². The number of anilines is 1. The van der Waals surface area contributed by atoms with Crippen molar-refractivity contribution in [3.8, 4) is 17.5 Å². The zero-order valence-corrected chi connectivity index (χ0v) is 15.2. The van der Waals surface area contributed by atoms with Crippen molar-refractivity contribution in [2.24, 2.45) is 11.8 Å². The molecular formula is C21H23N5. The Morgan fingerprint density at radius 1 is 1.23 bits per heavy atom. The van der Waals surface area contributed by atoms with Crippen LogP contribution >= 0.6 is 0 Å². The molecule has 132 valence electrons. The molecule has 2 atom stereocenters. The lowest BCUT2D eigenvalue weighted by Crippen LogP contribution is -2.17. The standard InChI is InChI=1S/C21H23N5/c1-14(2)16-7-8-17(10-16)24-20-5-3-4-18(25-20)19-12-23-21-9-6-15(11-22)13-26(19)21/h3-6,9,12-14,16-17H,7-8,10H2,1-2H3,(H,24,25). The number of aromatic nitrogens is 3. The monoisotopic (exact) mass is 345 g/mol. The minimum atomic E-state index is 0.498. The second-order valence-electron chi connectivity index (χ2n) is 7.47. The summed E-state index contributed by atoms with van der Waals surface area (Å²) < 4.78 is 1.93. The number of nitrogens with one attached hydrogen (secondary N) is 1. The third-order valence-corrected chi connectivity index (χ3v) is 5.41. The highest BCUT2D eigenvalue weighted by atomic mass is 15.1. The number of nitrogens with zero attached hydrogens (tertiary/aromatic N) is 4. The summed E-state index contributed by atoms with van der Waals surface area (Å²) in [7, 11) is 0. The highest BCUT2D eigenvalue weighted by molar-refractivity contribution is 5.62. The van der Waals surface area contributed by atoms with Crippen LogP contribution in [0.1, 0.15) is 38.7 Å². The molecule has 0 bridgehead atoms. The van der Waals surface area contributed by atoms with E-state index in [-0.39, 0.29) is 0 Å². The van der Waals surface area contributed by atoms with E-state index in [9.17, 15) is 0 Å². The summed E-state index contributed by atoms with van der Waals surface area (Å²) in [6.07, 6.45) is 7.33. The Morgan fingerprint density at radius 2 is 2.12 bits per heavy atom. The lowest BCUT2D eigenvalue weighted by Gasteiger charge is -2.16. The van der Waals surface area contributed by atoms with Gasteiger partial charge in [0.05, 0.1) is 23.1 Å². The number of hydrogen-bond donors (Lipinski definition) is 1. The molecule has 3 aromatic heterocycles. The first kappa shape index (κ1) is 16.6. The molecule has 1 fully saturated rings. The fourth-order valence-electron chi connectivity index (χ4n) is 3.86. The molecular weight excluding hydrogens is 322 g/mol. The molecule has 0 aliphatic heterocycles. The van der Waals surface area contributed by atoms with E-state index >= 15 is 0 Å². The van der Waals surface area contributed by atoms with Gasteiger partial charge in [-0.05, 0) is 55.4 Å². The number of pyridine rings is 2. The van der Waals surface area contributed by atoms with Crippen LogP contribution in [0, 0.1) is 23.2 Å². The smallest absolute Gasteiger partial charge is 0.137 e. The number of fused-ring (bicyclic) bond motifs is 1. The van der Waals surface area contributed by atoms with Gasteiger partial charge in [0.25, 0.3) is 0 Å². The Bertz CT molecular complexity index is 966. The van der Waals surface area contributed by atoms with Gasteiger partial charge < -0.3 is 5.32 Å². The number of imidazole rings is 1. The second-order valence-corrected chi connectivity index (χ2v) is 7.47. The van der Waals surface area contributed by atoms with E-state index in [1.54, 1.807) is 6.07 Å². The van der Waals surface area contributed by atoms with E-state index < -0.39 is 0 Å². The maximum atomic E-state index is 9.15. The van der Waals surface area contributed by atoms with E-state index in [4.69, 9.17) is 10.2 Å². The van der Waals surface area contributed by atoms with Gasteiger partial charge >= 0.3 is 0 Å².